The molecule has 0 spiro atoms. The average Bonchev–Trinajstić information content (AvgIpc) is 2.57. The second-order valence-electron chi connectivity index (χ2n) is 5.48. The fourth-order valence-electron chi connectivity index (χ4n) is 2.25. The zero-order chi connectivity index (χ0) is 17.7. The average molecular weight is 351 g/mol. The van der Waals surface area contributed by atoms with Gasteiger partial charge in [0, 0.05) is 17.1 Å². The standard InChI is InChI=1S/C18H20ClFN2O2/c1-12(18(23)21-16-9-4-5-10-17(16)24-3)22(2)11-13-14(19)7-6-8-15(13)20/h4-10,12H,11H2,1-3H3,(H,21,23)/t12-/m0/s1. The van der Waals surface area contributed by atoms with Gasteiger partial charge in [-0.1, -0.05) is 29.8 Å². The highest BCUT2D eigenvalue weighted by atomic mass is 35.5. The van der Waals surface area contributed by atoms with Crippen LogP contribution >= 0.6 is 11.6 Å². The van der Waals surface area contributed by atoms with E-state index in [0.717, 1.165) is 0 Å². The molecular weight excluding hydrogens is 331 g/mol. The Morgan fingerprint density at radius 3 is 2.67 bits per heavy atom. The largest absolute Gasteiger partial charge is 0.495 e. The van der Waals surface area contributed by atoms with E-state index in [0.29, 0.717) is 22.0 Å². The van der Waals surface area contributed by atoms with E-state index in [1.54, 1.807) is 50.2 Å². The summed E-state index contributed by atoms with van der Waals surface area (Å²) in [6, 6.07) is 11.2. The van der Waals surface area contributed by atoms with Gasteiger partial charge in [0.25, 0.3) is 0 Å². The highest BCUT2D eigenvalue weighted by Gasteiger charge is 2.21. The van der Waals surface area contributed by atoms with Crippen LogP contribution in [0.1, 0.15) is 12.5 Å². The van der Waals surface area contributed by atoms with Gasteiger partial charge in [0.15, 0.2) is 0 Å². The molecule has 0 unspecified atom stereocenters. The number of carbonyl (C=O) groups is 1. The highest BCUT2D eigenvalue weighted by molar-refractivity contribution is 6.31. The first-order valence-electron chi connectivity index (χ1n) is 7.51. The summed E-state index contributed by atoms with van der Waals surface area (Å²) >= 11 is 6.04. The summed E-state index contributed by atoms with van der Waals surface area (Å²) in [4.78, 5) is 14.2. The molecular formula is C18H20ClFN2O2. The van der Waals surface area contributed by atoms with Gasteiger partial charge in [0.1, 0.15) is 11.6 Å². The molecule has 128 valence electrons. The number of para-hydroxylation sites is 2. The highest BCUT2D eigenvalue weighted by Crippen LogP contribution is 2.24. The fourth-order valence-corrected chi connectivity index (χ4v) is 2.48. The topological polar surface area (TPSA) is 41.6 Å². The molecule has 0 radical (unpaired) electrons. The molecule has 0 bridgehead atoms. The monoisotopic (exact) mass is 350 g/mol. The summed E-state index contributed by atoms with van der Waals surface area (Å²) in [5.74, 6) is -0.0148. The van der Waals surface area contributed by atoms with Crippen molar-refractivity contribution in [2.45, 2.75) is 19.5 Å². The zero-order valence-corrected chi connectivity index (χ0v) is 14.6. The first-order valence-corrected chi connectivity index (χ1v) is 7.89. The molecule has 2 rings (SSSR count). The summed E-state index contributed by atoms with van der Waals surface area (Å²) in [5, 5.41) is 3.17. The second kappa shape index (κ2) is 8.13. The molecule has 0 saturated heterocycles. The smallest absolute Gasteiger partial charge is 0.241 e. The van der Waals surface area contributed by atoms with Crippen LogP contribution in [0.2, 0.25) is 5.02 Å². The molecule has 0 aliphatic rings. The van der Waals surface area contributed by atoms with Gasteiger partial charge in [0.05, 0.1) is 18.8 Å². The maximum atomic E-state index is 13.9. The van der Waals surface area contributed by atoms with Crippen LogP contribution in [0.15, 0.2) is 42.5 Å². The number of nitrogens with zero attached hydrogens (tertiary/aromatic N) is 1. The van der Waals surface area contributed by atoms with Gasteiger partial charge in [-0.3, -0.25) is 9.69 Å². The second-order valence-corrected chi connectivity index (χ2v) is 5.89. The number of amides is 1. The van der Waals surface area contributed by atoms with Crippen molar-refractivity contribution in [1.82, 2.24) is 4.90 Å². The Balaban J connectivity index is 2.07. The number of likely N-dealkylation sites (N-methyl/N-ethyl adjacent to an activating group) is 1. The third-order valence-corrected chi connectivity index (χ3v) is 4.23. The van der Waals surface area contributed by atoms with E-state index in [9.17, 15) is 9.18 Å². The molecule has 4 nitrogen and oxygen atoms in total. The van der Waals surface area contributed by atoms with Gasteiger partial charge in [-0.15, -0.1) is 0 Å². The van der Waals surface area contributed by atoms with Crippen LogP contribution < -0.4 is 10.1 Å². The molecule has 0 aromatic heterocycles. The van der Waals surface area contributed by atoms with Crippen molar-refractivity contribution in [1.29, 1.82) is 0 Å². The van der Waals surface area contributed by atoms with Crippen molar-refractivity contribution >= 4 is 23.2 Å². The van der Waals surface area contributed by atoms with E-state index < -0.39 is 6.04 Å². The summed E-state index contributed by atoms with van der Waals surface area (Å²) in [5.41, 5.74) is 0.966. The van der Waals surface area contributed by atoms with E-state index in [1.807, 2.05) is 12.1 Å². The predicted molar refractivity (Wildman–Crippen MR) is 94.0 cm³/mol. The molecule has 0 fully saturated rings. The van der Waals surface area contributed by atoms with Crippen molar-refractivity contribution in [2.75, 3.05) is 19.5 Å². The summed E-state index contributed by atoms with van der Waals surface area (Å²) in [7, 11) is 3.29. The maximum Gasteiger partial charge on any atom is 0.241 e. The Morgan fingerprint density at radius 2 is 2.00 bits per heavy atom. The number of ether oxygens (including phenoxy) is 1. The molecule has 1 amide bonds. The number of halogens is 2. The third-order valence-electron chi connectivity index (χ3n) is 3.87. The van der Waals surface area contributed by atoms with Crippen LogP contribution in [-0.4, -0.2) is 31.0 Å². The van der Waals surface area contributed by atoms with Crippen LogP contribution in [0.4, 0.5) is 10.1 Å². The lowest BCUT2D eigenvalue weighted by Gasteiger charge is -2.24. The number of benzene rings is 2. The molecule has 6 heteroatoms. The van der Waals surface area contributed by atoms with Gasteiger partial charge in [-0.2, -0.15) is 0 Å². The number of anilines is 1. The lowest BCUT2D eigenvalue weighted by Crippen LogP contribution is -2.39. The van der Waals surface area contributed by atoms with E-state index in [-0.39, 0.29) is 18.3 Å². The van der Waals surface area contributed by atoms with Crippen molar-refractivity contribution in [3.05, 3.63) is 58.9 Å². The van der Waals surface area contributed by atoms with Crippen molar-refractivity contribution in [2.24, 2.45) is 0 Å². The van der Waals surface area contributed by atoms with E-state index in [1.165, 1.54) is 6.07 Å². The van der Waals surface area contributed by atoms with E-state index >= 15 is 0 Å². The quantitative estimate of drug-likeness (QED) is 0.857. The Kier molecular flexibility index (Phi) is 6.17. The molecule has 0 heterocycles. The molecule has 0 saturated carbocycles. The first kappa shape index (κ1) is 18.2. The van der Waals surface area contributed by atoms with Gasteiger partial charge in [-0.05, 0) is 38.2 Å². The number of nitrogens with one attached hydrogen (secondary N) is 1. The summed E-state index contributed by atoms with van der Waals surface area (Å²) in [6.07, 6.45) is 0. The molecule has 0 aliphatic heterocycles. The lowest BCUT2D eigenvalue weighted by atomic mass is 10.1. The zero-order valence-electron chi connectivity index (χ0n) is 13.8. The van der Waals surface area contributed by atoms with E-state index in [4.69, 9.17) is 16.3 Å². The van der Waals surface area contributed by atoms with Crippen LogP contribution in [-0.2, 0) is 11.3 Å². The minimum absolute atomic E-state index is 0.213. The minimum Gasteiger partial charge on any atom is -0.495 e. The van der Waals surface area contributed by atoms with Gasteiger partial charge >= 0.3 is 0 Å². The first-order chi connectivity index (χ1) is 11.4. The number of hydrogen-bond donors (Lipinski definition) is 1. The molecule has 24 heavy (non-hydrogen) atoms. The molecule has 1 atom stereocenters. The SMILES string of the molecule is COc1ccccc1NC(=O)[C@H](C)N(C)Cc1c(F)cccc1Cl. The van der Waals surface area contributed by atoms with Gasteiger partial charge in [0.2, 0.25) is 5.91 Å². The van der Waals surface area contributed by atoms with Crippen molar-refractivity contribution < 1.29 is 13.9 Å². The Bertz CT molecular complexity index is 704. The lowest BCUT2D eigenvalue weighted by molar-refractivity contribution is -0.120. The molecule has 0 aliphatic carbocycles. The molecule has 2 aromatic carbocycles. The van der Waals surface area contributed by atoms with Crippen LogP contribution in [0.3, 0.4) is 0 Å². The van der Waals surface area contributed by atoms with Gasteiger partial charge in [-0.25, -0.2) is 4.39 Å². The van der Waals surface area contributed by atoms with Gasteiger partial charge < -0.3 is 10.1 Å². The van der Waals surface area contributed by atoms with E-state index in [2.05, 4.69) is 5.32 Å². The van der Waals surface area contributed by atoms with Crippen LogP contribution in [0.5, 0.6) is 5.75 Å². The number of hydrogen-bond acceptors (Lipinski definition) is 3. The molecule has 2 aromatic rings. The summed E-state index contributed by atoms with van der Waals surface area (Å²) in [6.45, 7) is 1.98. The number of methoxy groups -OCH3 is 1. The van der Waals surface area contributed by atoms with Crippen LogP contribution in [0, 0.1) is 5.82 Å². The Labute approximate surface area is 146 Å². The normalized spacial score (nSPS) is 12.1. The Hall–Kier alpha value is -2.11. The van der Waals surface area contributed by atoms with Crippen molar-refractivity contribution in [3.8, 4) is 5.75 Å². The third kappa shape index (κ3) is 4.24. The minimum atomic E-state index is -0.481. The number of rotatable bonds is 6. The van der Waals surface area contributed by atoms with Crippen molar-refractivity contribution in [3.63, 3.8) is 0 Å². The predicted octanol–water partition coefficient (Wildman–Crippen LogP) is 3.95. The number of carbonyl (C=O) groups excluding carboxylic acids is 1. The molecule has 1 N–H and O–H groups in total. The maximum absolute atomic E-state index is 13.9. The summed E-state index contributed by atoms with van der Waals surface area (Å²) < 4.78 is 19.1. The Morgan fingerprint density at radius 1 is 1.29 bits per heavy atom. The fraction of sp³-hybridized carbons (Fsp3) is 0.278. The van der Waals surface area contributed by atoms with Crippen LogP contribution in [0.25, 0.3) is 0 Å².